The lowest BCUT2D eigenvalue weighted by molar-refractivity contribution is 0.0998. The first-order valence-corrected chi connectivity index (χ1v) is 7.19. The van der Waals surface area contributed by atoms with Gasteiger partial charge in [0.05, 0.1) is 5.69 Å². The lowest BCUT2D eigenvalue weighted by Crippen LogP contribution is -2.10. The summed E-state index contributed by atoms with van der Waals surface area (Å²) in [6.07, 6.45) is 0. The van der Waals surface area contributed by atoms with E-state index in [0.29, 0.717) is 10.6 Å². The third kappa shape index (κ3) is 2.89. The Bertz CT molecular complexity index is 844. The third-order valence-electron chi connectivity index (χ3n) is 2.91. The third-order valence-corrected chi connectivity index (χ3v) is 3.64. The summed E-state index contributed by atoms with van der Waals surface area (Å²) in [7, 11) is 0. The molecule has 0 saturated heterocycles. The van der Waals surface area contributed by atoms with Crippen molar-refractivity contribution in [3.8, 4) is 5.75 Å². The summed E-state index contributed by atoms with van der Waals surface area (Å²) in [6.45, 7) is 0. The number of anilines is 1. The van der Waals surface area contributed by atoms with Crippen LogP contribution in [0.3, 0.4) is 0 Å². The largest absolute Gasteiger partial charge is 0.506 e. The predicted octanol–water partition coefficient (Wildman–Crippen LogP) is 4.81. The number of benzene rings is 2. The van der Waals surface area contributed by atoms with Crippen LogP contribution in [0.4, 0.5) is 5.69 Å². The highest BCUT2D eigenvalue weighted by Gasteiger charge is 2.14. The van der Waals surface area contributed by atoms with Gasteiger partial charge in [-0.2, -0.15) is 0 Å². The van der Waals surface area contributed by atoms with Crippen molar-refractivity contribution in [1.82, 2.24) is 0 Å². The molecule has 6 heteroatoms. The molecule has 2 aromatic carbocycles. The number of hydrogen-bond acceptors (Lipinski definition) is 3. The summed E-state index contributed by atoms with van der Waals surface area (Å²) in [6, 6.07) is 11.5. The molecule has 0 bridgehead atoms. The van der Waals surface area contributed by atoms with Gasteiger partial charge in [-0.3, -0.25) is 4.79 Å². The quantitative estimate of drug-likeness (QED) is 0.640. The number of amides is 1. The molecule has 4 nitrogen and oxygen atoms in total. The number of hydrogen-bond donors (Lipinski definition) is 2. The van der Waals surface area contributed by atoms with Gasteiger partial charge in [0.25, 0.3) is 5.91 Å². The molecule has 1 aromatic heterocycles. The van der Waals surface area contributed by atoms with Gasteiger partial charge in [0.2, 0.25) is 0 Å². The van der Waals surface area contributed by atoms with Gasteiger partial charge in [-0.1, -0.05) is 27.5 Å². The van der Waals surface area contributed by atoms with E-state index in [9.17, 15) is 9.90 Å². The van der Waals surface area contributed by atoms with Gasteiger partial charge < -0.3 is 14.8 Å². The molecule has 0 radical (unpaired) electrons. The van der Waals surface area contributed by atoms with E-state index in [4.69, 9.17) is 16.0 Å². The minimum Gasteiger partial charge on any atom is -0.506 e. The van der Waals surface area contributed by atoms with Gasteiger partial charge >= 0.3 is 0 Å². The highest BCUT2D eigenvalue weighted by Crippen LogP contribution is 2.28. The Labute approximate surface area is 133 Å². The van der Waals surface area contributed by atoms with Crippen LogP contribution in [0.1, 0.15) is 10.6 Å². The van der Waals surface area contributed by atoms with E-state index in [1.165, 1.54) is 18.2 Å². The van der Waals surface area contributed by atoms with Crippen molar-refractivity contribution in [2.24, 2.45) is 0 Å². The fraction of sp³-hybridized carbons (Fsp3) is 0. The fourth-order valence-electron chi connectivity index (χ4n) is 1.92. The van der Waals surface area contributed by atoms with Crippen LogP contribution in [0.15, 0.2) is 51.4 Å². The van der Waals surface area contributed by atoms with E-state index in [1.807, 2.05) is 12.1 Å². The number of furan rings is 1. The van der Waals surface area contributed by atoms with E-state index < -0.39 is 5.91 Å². The van der Waals surface area contributed by atoms with Crippen LogP contribution in [0.2, 0.25) is 5.02 Å². The number of nitrogens with one attached hydrogen (secondary N) is 1. The lowest BCUT2D eigenvalue weighted by Gasteiger charge is -2.05. The van der Waals surface area contributed by atoms with Crippen LogP contribution < -0.4 is 5.32 Å². The zero-order chi connectivity index (χ0) is 15.0. The maximum atomic E-state index is 12.2. The number of phenolic OH excluding ortho intramolecular Hbond substituents is 1. The molecule has 1 heterocycles. The first kappa shape index (κ1) is 14.0. The second-order valence-corrected chi connectivity index (χ2v) is 5.76. The lowest BCUT2D eigenvalue weighted by atomic mass is 10.2. The average molecular weight is 367 g/mol. The van der Waals surface area contributed by atoms with Crippen LogP contribution in [-0.2, 0) is 0 Å². The van der Waals surface area contributed by atoms with Crippen LogP contribution >= 0.6 is 27.5 Å². The molecule has 0 aliphatic heterocycles. The Morgan fingerprint density at radius 3 is 2.81 bits per heavy atom. The zero-order valence-corrected chi connectivity index (χ0v) is 12.9. The van der Waals surface area contributed by atoms with Crippen LogP contribution in [-0.4, -0.2) is 11.0 Å². The van der Waals surface area contributed by atoms with Crippen molar-refractivity contribution in [1.29, 1.82) is 0 Å². The van der Waals surface area contributed by atoms with Crippen molar-refractivity contribution < 1.29 is 14.3 Å². The van der Waals surface area contributed by atoms with Crippen molar-refractivity contribution >= 4 is 50.1 Å². The smallest absolute Gasteiger partial charge is 0.291 e. The topological polar surface area (TPSA) is 62.5 Å². The molecule has 1 amide bonds. The van der Waals surface area contributed by atoms with Crippen LogP contribution in [0.25, 0.3) is 11.0 Å². The Kier molecular flexibility index (Phi) is 3.61. The fourth-order valence-corrected chi connectivity index (χ4v) is 2.47. The minimum absolute atomic E-state index is 0.0633. The molecule has 21 heavy (non-hydrogen) atoms. The van der Waals surface area contributed by atoms with E-state index in [1.54, 1.807) is 12.1 Å². The van der Waals surface area contributed by atoms with Gasteiger partial charge in [0.15, 0.2) is 5.76 Å². The van der Waals surface area contributed by atoms with E-state index in [0.717, 1.165) is 9.86 Å². The Balaban J connectivity index is 1.91. The van der Waals surface area contributed by atoms with E-state index >= 15 is 0 Å². The molecular weight excluding hydrogens is 358 g/mol. The van der Waals surface area contributed by atoms with E-state index in [2.05, 4.69) is 21.2 Å². The monoisotopic (exact) mass is 365 g/mol. The summed E-state index contributed by atoms with van der Waals surface area (Å²) in [5.74, 6) is -0.367. The second kappa shape index (κ2) is 5.42. The maximum Gasteiger partial charge on any atom is 0.291 e. The number of rotatable bonds is 2. The number of halogens is 2. The SMILES string of the molecule is O=C(Nc1cc(Cl)ccc1O)c1cc2cc(Br)ccc2o1. The minimum atomic E-state index is -0.458. The summed E-state index contributed by atoms with van der Waals surface area (Å²) < 4.78 is 6.38. The maximum absolute atomic E-state index is 12.2. The number of carbonyl (C=O) groups excluding carboxylic acids is 1. The molecule has 0 aliphatic carbocycles. The van der Waals surface area contributed by atoms with Crippen molar-refractivity contribution in [3.05, 3.63) is 57.7 Å². The molecule has 106 valence electrons. The second-order valence-electron chi connectivity index (χ2n) is 4.41. The van der Waals surface area contributed by atoms with Crippen molar-refractivity contribution in [2.45, 2.75) is 0 Å². The molecule has 3 aromatic rings. The number of carbonyl (C=O) groups is 1. The molecule has 0 aliphatic rings. The molecule has 0 fully saturated rings. The van der Waals surface area contributed by atoms with Gasteiger partial charge in [0, 0.05) is 14.9 Å². The van der Waals surface area contributed by atoms with Crippen molar-refractivity contribution in [2.75, 3.05) is 5.32 Å². The zero-order valence-electron chi connectivity index (χ0n) is 10.6. The van der Waals surface area contributed by atoms with Crippen LogP contribution in [0.5, 0.6) is 5.75 Å². The predicted molar refractivity (Wildman–Crippen MR) is 85.0 cm³/mol. The summed E-state index contributed by atoms with van der Waals surface area (Å²) >= 11 is 9.20. The van der Waals surface area contributed by atoms with Crippen LogP contribution in [0, 0.1) is 0 Å². The van der Waals surface area contributed by atoms with E-state index in [-0.39, 0.29) is 17.2 Å². The molecule has 0 saturated carbocycles. The molecule has 2 N–H and O–H groups in total. The first-order valence-electron chi connectivity index (χ1n) is 6.02. The highest BCUT2D eigenvalue weighted by atomic mass is 79.9. The average Bonchev–Trinajstić information content (AvgIpc) is 2.86. The Hall–Kier alpha value is -1.98. The Morgan fingerprint density at radius 2 is 2.00 bits per heavy atom. The number of aromatic hydroxyl groups is 1. The molecule has 3 rings (SSSR count). The van der Waals surface area contributed by atoms with Gasteiger partial charge in [-0.15, -0.1) is 0 Å². The van der Waals surface area contributed by atoms with Crippen molar-refractivity contribution in [3.63, 3.8) is 0 Å². The standard InChI is InChI=1S/C15H9BrClNO3/c16-9-1-4-13-8(5-9)6-14(21-13)15(20)18-11-7-10(17)2-3-12(11)19/h1-7,19H,(H,18,20). The number of phenols is 1. The summed E-state index contributed by atoms with van der Waals surface area (Å²) in [5.41, 5.74) is 0.841. The molecule has 0 spiro atoms. The summed E-state index contributed by atoms with van der Waals surface area (Å²) in [4.78, 5) is 12.2. The molecular formula is C15H9BrClNO3. The Morgan fingerprint density at radius 1 is 1.19 bits per heavy atom. The molecule has 0 atom stereocenters. The number of fused-ring (bicyclic) bond motifs is 1. The first-order chi connectivity index (χ1) is 10.0. The summed E-state index contributed by atoms with van der Waals surface area (Å²) in [5, 5.41) is 13.5. The van der Waals surface area contributed by atoms with Gasteiger partial charge in [-0.05, 0) is 42.5 Å². The van der Waals surface area contributed by atoms with Gasteiger partial charge in [-0.25, -0.2) is 0 Å². The highest BCUT2D eigenvalue weighted by molar-refractivity contribution is 9.10. The van der Waals surface area contributed by atoms with Gasteiger partial charge in [0.1, 0.15) is 11.3 Å². The molecule has 0 unspecified atom stereocenters. The normalized spacial score (nSPS) is 10.8.